The van der Waals surface area contributed by atoms with E-state index < -0.39 is 18.0 Å². The standard InChI is InChI=1S/C20H22FN3O3/c1-4-8-16(5-2)24-12-11-17(25)19(23-24)18(21)14-9-7-10-15(13-14)22-20(26)27-6-3/h4-5,7-13,18,20,22,26H,1-2,6H2,3H3/b16-8+. The van der Waals surface area contributed by atoms with Crippen molar-refractivity contribution in [3.05, 3.63) is 89.4 Å². The second-order valence-corrected chi connectivity index (χ2v) is 5.48. The topological polar surface area (TPSA) is 76.4 Å². The van der Waals surface area contributed by atoms with Gasteiger partial charge in [0, 0.05) is 24.6 Å². The molecule has 0 saturated carbocycles. The van der Waals surface area contributed by atoms with Gasteiger partial charge in [-0.3, -0.25) is 4.79 Å². The number of alkyl halides is 1. The van der Waals surface area contributed by atoms with Gasteiger partial charge in [-0.25, -0.2) is 9.07 Å². The highest BCUT2D eigenvalue weighted by molar-refractivity contribution is 5.57. The van der Waals surface area contributed by atoms with Gasteiger partial charge in [0.25, 0.3) is 0 Å². The van der Waals surface area contributed by atoms with E-state index in [0.717, 1.165) is 0 Å². The molecule has 2 atom stereocenters. The number of aromatic nitrogens is 2. The van der Waals surface area contributed by atoms with Crippen LogP contribution >= 0.6 is 0 Å². The fourth-order valence-electron chi connectivity index (χ4n) is 2.39. The summed E-state index contributed by atoms with van der Waals surface area (Å²) < 4.78 is 21.4. The molecule has 2 rings (SSSR count). The molecule has 2 unspecified atom stereocenters. The molecule has 0 radical (unpaired) electrons. The van der Waals surface area contributed by atoms with Crippen molar-refractivity contribution >= 4 is 11.4 Å². The van der Waals surface area contributed by atoms with Crippen LogP contribution in [-0.2, 0) is 4.74 Å². The van der Waals surface area contributed by atoms with Crippen LogP contribution < -0.4 is 10.7 Å². The molecule has 0 fully saturated rings. The Bertz CT molecular complexity index is 892. The highest BCUT2D eigenvalue weighted by Crippen LogP contribution is 2.25. The third-order valence-corrected chi connectivity index (χ3v) is 3.63. The molecule has 27 heavy (non-hydrogen) atoms. The van der Waals surface area contributed by atoms with Gasteiger partial charge in [-0.1, -0.05) is 31.4 Å². The quantitative estimate of drug-likeness (QED) is 0.523. The molecule has 2 aromatic rings. The largest absolute Gasteiger partial charge is 0.351 e. The lowest BCUT2D eigenvalue weighted by molar-refractivity contribution is -0.0730. The van der Waals surface area contributed by atoms with E-state index in [1.807, 2.05) is 0 Å². The van der Waals surface area contributed by atoms with Crippen molar-refractivity contribution in [2.75, 3.05) is 11.9 Å². The van der Waals surface area contributed by atoms with Gasteiger partial charge in [-0.05, 0) is 36.8 Å². The molecule has 0 aliphatic heterocycles. The molecule has 1 aromatic carbocycles. The number of nitrogens with zero attached hydrogens (tertiary/aromatic N) is 2. The third-order valence-electron chi connectivity index (χ3n) is 3.63. The fraction of sp³-hybridized carbons (Fsp3) is 0.200. The average molecular weight is 371 g/mol. The molecule has 0 spiro atoms. The maximum atomic E-state index is 15.1. The predicted molar refractivity (Wildman–Crippen MR) is 104 cm³/mol. The van der Waals surface area contributed by atoms with Crippen molar-refractivity contribution in [1.82, 2.24) is 9.78 Å². The van der Waals surface area contributed by atoms with Crippen molar-refractivity contribution in [2.24, 2.45) is 0 Å². The van der Waals surface area contributed by atoms with E-state index >= 15 is 4.39 Å². The minimum Gasteiger partial charge on any atom is -0.351 e. The van der Waals surface area contributed by atoms with Gasteiger partial charge < -0.3 is 15.2 Å². The second-order valence-electron chi connectivity index (χ2n) is 5.48. The number of aliphatic hydroxyl groups is 1. The first kappa shape index (κ1) is 20.3. The molecule has 7 heteroatoms. The number of anilines is 1. The van der Waals surface area contributed by atoms with Crippen LogP contribution in [0.5, 0.6) is 0 Å². The smallest absolute Gasteiger partial charge is 0.235 e. The number of aliphatic hydroxyl groups excluding tert-OH is 1. The number of hydrogen-bond donors (Lipinski definition) is 2. The van der Waals surface area contributed by atoms with Crippen LogP contribution in [0.25, 0.3) is 5.70 Å². The minimum atomic E-state index is -1.74. The highest BCUT2D eigenvalue weighted by Gasteiger charge is 2.19. The molecule has 0 aliphatic carbocycles. The summed E-state index contributed by atoms with van der Waals surface area (Å²) in [5.41, 5.74) is 0.448. The van der Waals surface area contributed by atoms with Gasteiger partial charge in [0.2, 0.25) is 11.8 Å². The van der Waals surface area contributed by atoms with Crippen LogP contribution in [-0.4, -0.2) is 27.9 Å². The van der Waals surface area contributed by atoms with E-state index in [4.69, 9.17) is 4.74 Å². The van der Waals surface area contributed by atoms with E-state index in [-0.39, 0.29) is 11.3 Å². The summed E-state index contributed by atoms with van der Waals surface area (Å²) in [7, 11) is 0. The van der Waals surface area contributed by atoms with Gasteiger partial charge in [0.05, 0.1) is 5.70 Å². The monoisotopic (exact) mass is 371 g/mol. The van der Waals surface area contributed by atoms with Crippen molar-refractivity contribution in [3.63, 3.8) is 0 Å². The molecule has 1 aromatic heterocycles. The first-order chi connectivity index (χ1) is 13.0. The molecule has 0 amide bonds. The predicted octanol–water partition coefficient (Wildman–Crippen LogP) is 3.24. The Morgan fingerprint density at radius 1 is 1.44 bits per heavy atom. The Kier molecular flexibility index (Phi) is 7.22. The van der Waals surface area contributed by atoms with Crippen molar-refractivity contribution in [3.8, 4) is 0 Å². The summed E-state index contributed by atoms with van der Waals surface area (Å²) in [5.74, 6) is 0. The van der Waals surface area contributed by atoms with Crippen LogP contribution in [0.4, 0.5) is 10.1 Å². The molecule has 0 saturated heterocycles. The number of halogens is 1. The Labute approximate surface area is 156 Å². The highest BCUT2D eigenvalue weighted by atomic mass is 19.1. The summed E-state index contributed by atoms with van der Waals surface area (Å²) in [6.07, 6.45) is 3.19. The lowest BCUT2D eigenvalue weighted by Gasteiger charge is -2.15. The summed E-state index contributed by atoms with van der Waals surface area (Å²) in [6.45, 7) is 9.33. The van der Waals surface area contributed by atoms with Crippen molar-refractivity contribution in [1.29, 1.82) is 0 Å². The van der Waals surface area contributed by atoms with E-state index in [9.17, 15) is 9.90 Å². The van der Waals surface area contributed by atoms with Gasteiger partial charge >= 0.3 is 0 Å². The SMILES string of the molecule is C=C/C=C(\C=C)n1ccc(=O)c(C(F)c2cccc(NC(O)OCC)c2)n1. The molecule has 1 heterocycles. The van der Waals surface area contributed by atoms with E-state index in [0.29, 0.717) is 18.0 Å². The van der Waals surface area contributed by atoms with Crippen LogP contribution in [0.1, 0.15) is 24.4 Å². The molecular formula is C20H22FN3O3. The number of allylic oxidation sites excluding steroid dienone is 4. The van der Waals surface area contributed by atoms with Crippen LogP contribution in [0, 0.1) is 0 Å². The van der Waals surface area contributed by atoms with Crippen LogP contribution in [0.3, 0.4) is 0 Å². The fourth-order valence-corrected chi connectivity index (χ4v) is 2.39. The number of hydrogen-bond acceptors (Lipinski definition) is 5. The second kappa shape index (κ2) is 9.61. The summed E-state index contributed by atoms with van der Waals surface area (Å²) in [4.78, 5) is 12.1. The van der Waals surface area contributed by atoms with Gasteiger partial charge in [-0.2, -0.15) is 5.10 Å². The summed E-state index contributed by atoms with van der Waals surface area (Å²) >= 11 is 0. The Balaban J connectivity index is 2.36. The molecule has 0 aliphatic rings. The average Bonchev–Trinajstić information content (AvgIpc) is 2.66. The van der Waals surface area contributed by atoms with Gasteiger partial charge in [0.1, 0.15) is 5.69 Å². The molecule has 2 N–H and O–H groups in total. The number of nitrogens with one attached hydrogen (secondary N) is 1. The zero-order valence-electron chi connectivity index (χ0n) is 15.0. The molecular weight excluding hydrogens is 349 g/mol. The maximum absolute atomic E-state index is 15.1. The number of rotatable bonds is 9. The van der Waals surface area contributed by atoms with E-state index in [2.05, 4.69) is 23.6 Å². The lowest BCUT2D eigenvalue weighted by atomic mass is 10.1. The molecule has 0 bridgehead atoms. The van der Waals surface area contributed by atoms with Crippen LogP contribution in [0.2, 0.25) is 0 Å². The molecule has 142 valence electrons. The van der Waals surface area contributed by atoms with E-state index in [1.165, 1.54) is 35.2 Å². The Morgan fingerprint density at radius 3 is 2.89 bits per heavy atom. The number of ether oxygens (including phenoxy) is 1. The van der Waals surface area contributed by atoms with E-state index in [1.54, 1.807) is 31.2 Å². The Morgan fingerprint density at radius 2 is 2.22 bits per heavy atom. The zero-order valence-corrected chi connectivity index (χ0v) is 15.0. The minimum absolute atomic E-state index is 0.221. The van der Waals surface area contributed by atoms with Crippen molar-refractivity contribution in [2.45, 2.75) is 19.5 Å². The maximum Gasteiger partial charge on any atom is 0.235 e. The van der Waals surface area contributed by atoms with Gasteiger partial charge in [0.15, 0.2) is 6.17 Å². The zero-order chi connectivity index (χ0) is 19.8. The molecule has 6 nitrogen and oxygen atoms in total. The van der Waals surface area contributed by atoms with Gasteiger partial charge in [-0.15, -0.1) is 0 Å². The first-order valence-electron chi connectivity index (χ1n) is 8.35. The summed E-state index contributed by atoms with van der Waals surface area (Å²) in [5, 5.41) is 16.4. The normalized spacial score (nSPS) is 13.7. The third kappa shape index (κ3) is 5.22. The van der Waals surface area contributed by atoms with Crippen molar-refractivity contribution < 1.29 is 14.2 Å². The lowest BCUT2D eigenvalue weighted by Crippen LogP contribution is -2.22. The summed E-state index contributed by atoms with van der Waals surface area (Å²) in [6, 6.07) is 7.53. The number of benzene rings is 1. The van der Waals surface area contributed by atoms with Crippen LogP contribution in [0.15, 0.2) is 72.7 Å². The first-order valence-corrected chi connectivity index (χ1v) is 8.35. The Hall–Kier alpha value is -3.03.